The number of aromatic amines is 1. The third kappa shape index (κ3) is 4.07. The van der Waals surface area contributed by atoms with Crippen molar-refractivity contribution in [3.05, 3.63) is 58.5 Å². The first-order valence-electron chi connectivity index (χ1n) is 9.50. The maximum Gasteiger partial charge on any atom is 0.269 e. The monoisotopic (exact) mass is 428 g/mol. The standard InChI is InChI=1S/C20H21ClN6O3/c1-30-7-6-22-19(28)14-10-23-27-11-12(8-18(14)27)24-20(29)17-9-16(25-26-17)13-4-2-3-5-15(13)21/h2-5,9-10,12H,6-8,11H2,1H3,(H,22,28)(H,24,29)(H,25,26)/t12-/m0/s1. The average molecular weight is 429 g/mol. The van der Waals surface area contributed by atoms with Crippen molar-refractivity contribution < 1.29 is 14.3 Å². The molecule has 4 rings (SSSR count). The predicted octanol–water partition coefficient (Wildman–Crippen LogP) is 1.66. The summed E-state index contributed by atoms with van der Waals surface area (Å²) >= 11 is 6.20. The summed E-state index contributed by atoms with van der Waals surface area (Å²) < 4.78 is 6.69. The van der Waals surface area contributed by atoms with Crippen molar-refractivity contribution in [1.82, 2.24) is 30.6 Å². The van der Waals surface area contributed by atoms with E-state index in [1.807, 2.05) is 18.2 Å². The summed E-state index contributed by atoms with van der Waals surface area (Å²) in [5, 5.41) is 17.5. The highest BCUT2D eigenvalue weighted by Crippen LogP contribution is 2.26. The summed E-state index contributed by atoms with van der Waals surface area (Å²) in [5.74, 6) is -0.471. The first kappa shape index (κ1) is 20.1. The van der Waals surface area contributed by atoms with Crippen LogP contribution in [0.3, 0.4) is 0 Å². The number of nitrogens with one attached hydrogen (secondary N) is 3. The number of aromatic nitrogens is 4. The first-order chi connectivity index (χ1) is 14.6. The Balaban J connectivity index is 1.39. The summed E-state index contributed by atoms with van der Waals surface area (Å²) in [4.78, 5) is 25.0. The molecule has 0 fully saturated rings. The summed E-state index contributed by atoms with van der Waals surface area (Å²) in [6, 6.07) is 8.81. The number of rotatable bonds is 7. The number of hydrogen-bond acceptors (Lipinski definition) is 5. The van der Waals surface area contributed by atoms with Gasteiger partial charge in [0, 0.05) is 25.6 Å². The van der Waals surface area contributed by atoms with Gasteiger partial charge in [0.1, 0.15) is 5.69 Å². The van der Waals surface area contributed by atoms with E-state index in [0.29, 0.717) is 48.1 Å². The second kappa shape index (κ2) is 8.68. The lowest BCUT2D eigenvalue weighted by atomic mass is 10.1. The van der Waals surface area contributed by atoms with Crippen LogP contribution in [0.2, 0.25) is 5.02 Å². The second-order valence-electron chi connectivity index (χ2n) is 6.96. The van der Waals surface area contributed by atoms with Gasteiger partial charge < -0.3 is 15.4 Å². The minimum Gasteiger partial charge on any atom is -0.383 e. The third-order valence-electron chi connectivity index (χ3n) is 4.93. The molecule has 3 N–H and O–H groups in total. The van der Waals surface area contributed by atoms with Crippen molar-refractivity contribution in [2.75, 3.05) is 20.3 Å². The molecule has 0 spiro atoms. The molecule has 2 amide bonds. The van der Waals surface area contributed by atoms with E-state index in [9.17, 15) is 9.59 Å². The van der Waals surface area contributed by atoms with Gasteiger partial charge in [0.25, 0.3) is 11.8 Å². The molecule has 3 aromatic rings. The Hall–Kier alpha value is -3.17. The third-order valence-corrected chi connectivity index (χ3v) is 5.26. The first-order valence-corrected chi connectivity index (χ1v) is 9.87. The van der Waals surface area contributed by atoms with Crippen molar-refractivity contribution >= 4 is 23.4 Å². The molecule has 1 atom stereocenters. The molecule has 0 aliphatic carbocycles. The van der Waals surface area contributed by atoms with Crippen LogP contribution < -0.4 is 10.6 Å². The second-order valence-corrected chi connectivity index (χ2v) is 7.36. The Bertz CT molecular complexity index is 1080. The van der Waals surface area contributed by atoms with Crippen LogP contribution >= 0.6 is 11.6 Å². The van der Waals surface area contributed by atoms with Gasteiger partial charge in [-0.1, -0.05) is 29.8 Å². The molecule has 0 bridgehead atoms. The molecule has 1 aliphatic heterocycles. The van der Waals surface area contributed by atoms with Gasteiger partial charge in [-0.25, -0.2) is 0 Å². The summed E-state index contributed by atoms with van der Waals surface area (Å²) in [7, 11) is 1.58. The molecule has 3 heterocycles. The van der Waals surface area contributed by atoms with Crippen LogP contribution in [0.5, 0.6) is 0 Å². The number of H-pyrrole nitrogens is 1. The molecular formula is C20H21ClN6O3. The Morgan fingerprint density at radius 1 is 1.33 bits per heavy atom. The number of carbonyl (C=O) groups is 2. The zero-order chi connectivity index (χ0) is 21.1. The number of benzene rings is 1. The van der Waals surface area contributed by atoms with Gasteiger partial charge in [-0.05, 0) is 12.1 Å². The molecule has 2 aromatic heterocycles. The predicted molar refractivity (Wildman–Crippen MR) is 110 cm³/mol. The van der Waals surface area contributed by atoms with Crippen LogP contribution in [0.25, 0.3) is 11.3 Å². The number of hydrogen-bond donors (Lipinski definition) is 3. The molecule has 1 aromatic carbocycles. The molecule has 9 nitrogen and oxygen atoms in total. The van der Waals surface area contributed by atoms with Crippen LogP contribution in [0, 0.1) is 0 Å². The number of carbonyl (C=O) groups excluding carboxylic acids is 2. The maximum absolute atomic E-state index is 12.7. The molecule has 0 unspecified atom stereocenters. The highest BCUT2D eigenvalue weighted by molar-refractivity contribution is 6.33. The molecule has 10 heteroatoms. The van der Waals surface area contributed by atoms with Crippen molar-refractivity contribution in [2.45, 2.75) is 19.0 Å². The van der Waals surface area contributed by atoms with Crippen LogP contribution in [0.1, 0.15) is 26.5 Å². The van der Waals surface area contributed by atoms with Crippen LogP contribution in [0.15, 0.2) is 36.5 Å². The van der Waals surface area contributed by atoms with E-state index >= 15 is 0 Å². The van der Waals surface area contributed by atoms with E-state index in [2.05, 4.69) is 25.9 Å². The molecule has 0 radical (unpaired) electrons. The van der Waals surface area contributed by atoms with E-state index in [1.54, 1.807) is 30.1 Å². The summed E-state index contributed by atoms with van der Waals surface area (Å²) in [6.45, 7) is 1.36. The van der Waals surface area contributed by atoms with Gasteiger partial charge in [0.05, 0.1) is 47.4 Å². The van der Waals surface area contributed by atoms with Gasteiger partial charge in [-0.2, -0.15) is 10.2 Å². The fourth-order valence-electron chi connectivity index (χ4n) is 3.45. The van der Waals surface area contributed by atoms with E-state index in [1.165, 1.54) is 0 Å². The Kier molecular flexibility index (Phi) is 5.82. The van der Waals surface area contributed by atoms with Crippen molar-refractivity contribution in [2.24, 2.45) is 0 Å². The van der Waals surface area contributed by atoms with Gasteiger partial charge in [0.15, 0.2) is 0 Å². The topological polar surface area (TPSA) is 114 Å². The minimum absolute atomic E-state index is 0.168. The lowest BCUT2D eigenvalue weighted by molar-refractivity contribution is 0.0928. The van der Waals surface area contributed by atoms with Crippen molar-refractivity contribution in [1.29, 1.82) is 0 Å². The Labute approximate surface area is 177 Å². The van der Waals surface area contributed by atoms with E-state index < -0.39 is 0 Å². The van der Waals surface area contributed by atoms with Crippen molar-refractivity contribution in [3.8, 4) is 11.3 Å². The van der Waals surface area contributed by atoms with Gasteiger partial charge in [-0.15, -0.1) is 0 Å². The molecular weight excluding hydrogens is 408 g/mol. The molecule has 156 valence electrons. The zero-order valence-electron chi connectivity index (χ0n) is 16.3. The number of ether oxygens (including phenoxy) is 1. The highest BCUT2D eigenvalue weighted by atomic mass is 35.5. The van der Waals surface area contributed by atoms with Gasteiger partial charge in [0.2, 0.25) is 0 Å². The maximum atomic E-state index is 12.7. The molecule has 0 saturated carbocycles. The average Bonchev–Trinajstić information content (AvgIpc) is 3.44. The summed E-state index contributed by atoms with van der Waals surface area (Å²) in [5.41, 5.74) is 3.01. The Morgan fingerprint density at radius 3 is 2.97 bits per heavy atom. The van der Waals surface area contributed by atoms with Crippen molar-refractivity contribution in [3.63, 3.8) is 0 Å². The van der Waals surface area contributed by atoms with Crippen LogP contribution in [-0.4, -0.2) is 58.1 Å². The fourth-order valence-corrected chi connectivity index (χ4v) is 3.68. The normalized spacial score (nSPS) is 15.1. The Morgan fingerprint density at radius 2 is 2.17 bits per heavy atom. The van der Waals surface area contributed by atoms with Gasteiger partial charge >= 0.3 is 0 Å². The van der Waals surface area contributed by atoms with E-state index in [-0.39, 0.29) is 17.9 Å². The molecule has 30 heavy (non-hydrogen) atoms. The highest BCUT2D eigenvalue weighted by Gasteiger charge is 2.29. The van der Waals surface area contributed by atoms with E-state index in [4.69, 9.17) is 16.3 Å². The number of nitrogens with zero attached hydrogens (tertiary/aromatic N) is 3. The lowest BCUT2D eigenvalue weighted by Crippen LogP contribution is -2.36. The van der Waals surface area contributed by atoms with Gasteiger partial charge in [-0.3, -0.25) is 19.4 Å². The SMILES string of the molecule is COCCNC(=O)c1cnn2c1C[C@H](NC(=O)c1cc(-c3ccccc3Cl)n[nH]1)C2. The fraction of sp³-hybridized carbons (Fsp3) is 0.300. The van der Waals surface area contributed by atoms with E-state index in [0.717, 1.165) is 11.3 Å². The number of amides is 2. The minimum atomic E-state index is -0.275. The zero-order valence-corrected chi connectivity index (χ0v) is 17.1. The summed E-state index contributed by atoms with van der Waals surface area (Å²) in [6.07, 6.45) is 2.07. The van der Waals surface area contributed by atoms with Crippen LogP contribution in [-0.2, 0) is 17.7 Å². The molecule has 1 aliphatic rings. The largest absolute Gasteiger partial charge is 0.383 e. The molecule has 0 saturated heterocycles. The number of fused-ring (bicyclic) bond motifs is 1. The number of halogens is 1. The van der Waals surface area contributed by atoms with Crippen LogP contribution in [0.4, 0.5) is 0 Å². The lowest BCUT2D eigenvalue weighted by Gasteiger charge is -2.10. The smallest absolute Gasteiger partial charge is 0.269 e. The quantitative estimate of drug-likeness (QED) is 0.495. The number of methoxy groups -OCH3 is 1.